The van der Waals surface area contributed by atoms with Gasteiger partial charge in [-0.25, -0.2) is 18.3 Å². The zero-order chi connectivity index (χ0) is 21.0. The Labute approximate surface area is 163 Å². The van der Waals surface area contributed by atoms with Crippen LogP contribution in [0.3, 0.4) is 0 Å². The van der Waals surface area contributed by atoms with Gasteiger partial charge in [0.15, 0.2) is 11.6 Å². The van der Waals surface area contributed by atoms with E-state index in [4.69, 9.17) is 5.11 Å². The number of carbonyl (C=O) groups is 2. The normalized spacial score (nSPS) is 10.8. The number of hydrogen-bond acceptors (Lipinski definition) is 7. The van der Waals surface area contributed by atoms with Crippen molar-refractivity contribution in [3.63, 3.8) is 0 Å². The molecule has 29 heavy (non-hydrogen) atoms. The Kier molecular flexibility index (Phi) is 6.03. The van der Waals surface area contributed by atoms with Crippen molar-refractivity contribution in [3.8, 4) is 0 Å². The van der Waals surface area contributed by atoms with Gasteiger partial charge in [0.05, 0.1) is 19.2 Å². The molecule has 0 amide bonds. The lowest BCUT2D eigenvalue weighted by molar-refractivity contribution is 0.0600. The third-order valence-electron chi connectivity index (χ3n) is 4.26. The Morgan fingerprint density at radius 3 is 2.34 bits per heavy atom. The van der Waals surface area contributed by atoms with Crippen molar-refractivity contribution in [2.45, 2.75) is 13.0 Å². The second-order valence-electron chi connectivity index (χ2n) is 6.12. The zero-order valence-corrected chi connectivity index (χ0v) is 15.3. The number of nitrogens with zero attached hydrogens (tertiary/aromatic N) is 4. The first-order valence-electron chi connectivity index (χ1n) is 8.47. The van der Waals surface area contributed by atoms with Crippen LogP contribution < -0.4 is 0 Å². The SMILES string of the molecule is COC(=O)c1ccc(Cc2nnnn2Cc2c(F)cc(C(=O)CO)cc2F)cc1. The lowest BCUT2D eigenvalue weighted by Gasteiger charge is -2.09. The number of rotatable bonds is 7. The minimum absolute atomic E-state index is 0.256. The average molecular weight is 402 g/mol. The number of carbonyl (C=O) groups excluding carboxylic acids is 2. The molecule has 8 nitrogen and oxygen atoms in total. The van der Waals surface area contributed by atoms with E-state index in [1.54, 1.807) is 24.3 Å². The first-order chi connectivity index (χ1) is 13.9. The van der Waals surface area contributed by atoms with E-state index in [1.807, 2.05) is 0 Å². The molecule has 0 aliphatic carbocycles. The van der Waals surface area contributed by atoms with Gasteiger partial charge < -0.3 is 9.84 Å². The van der Waals surface area contributed by atoms with Crippen LogP contribution in [0.25, 0.3) is 0 Å². The van der Waals surface area contributed by atoms with Gasteiger partial charge in [-0.05, 0) is 40.3 Å². The summed E-state index contributed by atoms with van der Waals surface area (Å²) in [5, 5.41) is 20.0. The molecule has 2 aromatic carbocycles. The second-order valence-corrected chi connectivity index (χ2v) is 6.12. The van der Waals surface area contributed by atoms with Crippen LogP contribution >= 0.6 is 0 Å². The Bertz CT molecular complexity index is 1030. The molecular formula is C19H16F2N4O4. The molecule has 0 saturated heterocycles. The topological polar surface area (TPSA) is 107 Å². The second kappa shape index (κ2) is 8.65. The summed E-state index contributed by atoms with van der Waals surface area (Å²) in [5.41, 5.74) is 0.596. The van der Waals surface area contributed by atoms with Gasteiger partial charge in [-0.2, -0.15) is 0 Å². The molecule has 0 unspecified atom stereocenters. The summed E-state index contributed by atoms with van der Waals surface area (Å²) in [5.74, 6) is -2.77. The van der Waals surface area contributed by atoms with E-state index >= 15 is 0 Å². The molecule has 10 heteroatoms. The van der Waals surface area contributed by atoms with E-state index in [9.17, 15) is 18.4 Å². The maximum Gasteiger partial charge on any atom is 0.337 e. The smallest absolute Gasteiger partial charge is 0.337 e. The summed E-state index contributed by atoms with van der Waals surface area (Å²) in [7, 11) is 1.29. The molecule has 1 heterocycles. The van der Waals surface area contributed by atoms with E-state index in [2.05, 4.69) is 20.3 Å². The van der Waals surface area contributed by atoms with Crippen molar-refractivity contribution in [2.24, 2.45) is 0 Å². The van der Waals surface area contributed by atoms with E-state index < -0.39 is 30.0 Å². The molecule has 3 rings (SSSR count). The number of aliphatic hydroxyl groups is 1. The van der Waals surface area contributed by atoms with Crippen LogP contribution in [0.1, 0.15) is 37.7 Å². The predicted octanol–water partition coefficient (Wildman–Crippen LogP) is 1.55. The predicted molar refractivity (Wildman–Crippen MR) is 95.3 cm³/mol. The van der Waals surface area contributed by atoms with Crippen LogP contribution in [0, 0.1) is 11.6 Å². The fourth-order valence-electron chi connectivity index (χ4n) is 2.69. The van der Waals surface area contributed by atoms with Gasteiger partial charge in [-0.1, -0.05) is 12.1 Å². The van der Waals surface area contributed by atoms with Crippen LogP contribution in [0.2, 0.25) is 0 Å². The van der Waals surface area contributed by atoms with Crippen molar-refractivity contribution in [1.29, 1.82) is 0 Å². The summed E-state index contributed by atoms with van der Waals surface area (Å²) >= 11 is 0. The van der Waals surface area contributed by atoms with Crippen molar-refractivity contribution in [2.75, 3.05) is 13.7 Å². The van der Waals surface area contributed by atoms with Crippen molar-refractivity contribution < 1.29 is 28.2 Å². The number of aliphatic hydroxyl groups excluding tert-OH is 1. The van der Waals surface area contributed by atoms with Gasteiger partial charge in [0.2, 0.25) is 0 Å². The van der Waals surface area contributed by atoms with E-state index in [0.29, 0.717) is 11.4 Å². The summed E-state index contributed by atoms with van der Waals surface area (Å²) < 4.78 is 34.5. The number of halogens is 2. The van der Waals surface area contributed by atoms with Gasteiger partial charge in [0.25, 0.3) is 0 Å². The lowest BCUT2D eigenvalue weighted by Crippen LogP contribution is -2.13. The number of aromatic nitrogens is 4. The number of methoxy groups -OCH3 is 1. The number of ether oxygens (including phenoxy) is 1. The average Bonchev–Trinajstić information content (AvgIpc) is 3.16. The third-order valence-corrected chi connectivity index (χ3v) is 4.26. The maximum absolute atomic E-state index is 14.3. The van der Waals surface area contributed by atoms with Crippen LogP contribution in [0.15, 0.2) is 36.4 Å². The molecule has 0 atom stereocenters. The third kappa shape index (κ3) is 4.49. The number of Topliss-reactive ketones (excluding diaryl/α,β-unsaturated/α-hetero) is 1. The number of esters is 1. The molecule has 3 aromatic rings. The quantitative estimate of drug-likeness (QED) is 0.472. The number of tetrazole rings is 1. The molecule has 0 aliphatic rings. The molecule has 1 aromatic heterocycles. The zero-order valence-electron chi connectivity index (χ0n) is 15.3. The number of benzene rings is 2. The highest BCUT2D eigenvalue weighted by atomic mass is 19.1. The maximum atomic E-state index is 14.3. The summed E-state index contributed by atoms with van der Waals surface area (Å²) in [4.78, 5) is 22.9. The molecule has 0 radical (unpaired) electrons. The lowest BCUT2D eigenvalue weighted by atomic mass is 10.1. The van der Waals surface area contributed by atoms with Gasteiger partial charge >= 0.3 is 5.97 Å². The highest BCUT2D eigenvalue weighted by Crippen LogP contribution is 2.18. The van der Waals surface area contributed by atoms with Crippen LogP contribution in [0.4, 0.5) is 8.78 Å². The molecular weight excluding hydrogens is 386 g/mol. The van der Waals surface area contributed by atoms with Crippen molar-refractivity contribution >= 4 is 11.8 Å². The van der Waals surface area contributed by atoms with Gasteiger partial charge in [0, 0.05) is 17.5 Å². The Hall–Kier alpha value is -3.53. The van der Waals surface area contributed by atoms with Crippen LogP contribution in [0.5, 0.6) is 0 Å². The van der Waals surface area contributed by atoms with Crippen molar-refractivity contribution in [3.05, 3.63) is 76.1 Å². The van der Waals surface area contributed by atoms with E-state index in [-0.39, 0.29) is 24.1 Å². The highest BCUT2D eigenvalue weighted by molar-refractivity contribution is 5.97. The minimum Gasteiger partial charge on any atom is -0.465 e. The summed E-state index contributed by atoms with van der Waals surface area (Å²) in [6.45, 7) is -1.13. The first kappa shape index (κ1) is 20.2. The Morgan fingerprint density at radius 2 is 1.76 bits per heavy atom. The first-order valence-corrected chi connectivity index (χ1v) is 8.47. The van der Waals surface area contributed by atoms with Crippen LogP contribution in [-0.4, -0.2) is 50.8 Å². The summed E-state index contributed by atoms with van der Waals surface area (Å²) in [6.07, 6.45) is 0.263. The monoisotopic (exact) mass is 402 g/mol. The minimum atomic E-state index is -0.939. The molecule has 0 saturated carbocycles. The Balaban J connectivity index is 1.81. The molecule has 0 spiro atoms. The molecule has 150 valence electrons. The molecule has 0 fully saturated rings. The fraction of sp³-hybridized carbons (Fsp3) is 0.211. The van der Waals surface area contributed by atoms with E-state index in [1.165, 1.54) is 11.8 Å². The molecule has 0 aliphatic heterocycles. The number of ketones is 1. The molecule has 0 bridgehead atoms. The fourth-order valence-corrected chi connectivity index (χ4v) is 2.69. The standard InChI is InChI=1S/C19H16F2N4O4/c1-29-19(28)12-4-2-11(3-5-12)6-18-22-23-24-25(18)9-14-15(20)7-13(8-16(14)21)17(27)10-26/h2-5,7-8,26H,6,9-10H2,1H3. The molecule has 1 N–H and O–H groups in total. The summed E-state index contributed by atoms with van der Waals surface area (Å²) in [6, 6.07) is 8.31. The largest absolute Gasteiger partial charge is 0.465 e. The van der Waals surface area contributed by atoms with Gasteiger partial charge in [-0.3, -0.25) is 4.79 Å². The Morgan fingerprint density at radius 1 is 1.10 bits per heavy atom. The van der Waals surface area contributed by atoms with Gasteiger partial charge in [-0.15, -0.1) is 5.10 Å². The van der Waals surface area contributed by atoms with Gasteiger partial charge in [0.1, 0.15) is 18.2 Å². The highest BCUT2D eigenvalue weighted by Gasteiger charge is 2.18. The van der Waals surface area contributed by atoms with E-state index in [0.717, 1.165) is 17.7 Å². The van der Waals surface area contributed by atoms with Crippen LogP contribution in [-0.2, 0) is 17.7 Å². The van der Waals surface area contributed by atoms with Crippen molar-refractivity contribution in [1.82, 2.24) is 20.2 Å². The number of hydrogen-bond donors (Lipinski definition) is 1.